The minimum atomic E-state index is -5.05. The van der Waals surface area contributed by atoms with Crippen LogP contribution in [-0.2, 0) is 39.7 Å². The number of fused-ring (bicyclic) bond motifs is 1. The SMILES string of the molecule is CSCCCN1CC2N(CC1=O)C(=O)CC(Cc1ccccc1)N2C(=O)OCc1cc(C(F)(F)F)cc(C(F)(F)F)c1. The molecule has 2 aliphatic rings. The fourth-order valence-corrected chi connectivity index (χ4v) is 5.58. The summed E-state index contributed by atoms with van der Waals surface area (Å²) < 4.78 is 85.3. The fraction of sp³-hybridized carbons (Fsp3) is 0.464. The number of ether oxygens (including phenoxy) is 1. The van der Waals surface area contributed by atoms with Crippen molar-refractivity contribution < 1.29 is 45.5 Å². The number of carbonyl (C=O) groups excluding carboxylic acids is 3. The first-order chi connectivity index (χ1) is 19.8. The second-order valence-electron chi connectivity index (χ2n) is 10.1. The highest BCUT2D eigenvalue weighted by atomic mass is 32.2. The summed E-state index contributed by atoms with van der Waals surface area (Å²) in [5.41, 5.74) is -2.73. The molecule has 0 saturated carbocycles. The summed E-state index contributed by atoms with van der Waals surface area (Å²) in [7, 11) is 0. The van der Waals surface area contributed by atoms with Crippen molar-refractivity contribution in [2.24, 2.45) is 0 Å². The summed E-state index contributed by atoms with van der Waals surface area (Å²) in [6, 6.07) is 9.27. The number of thioether (sulfide) groups is 1. The van der Waals surface area contributed by atoms with Crippen molar-refractivity contribution in [1.29, 1.82) is 0 Å². The van der Waals surface area contributed by atoms with Gasteiger partial charge in [0.2, 0.25) is 11.8 Å². The third kappa shape index (κ3) is 7.50. The lowest BCUT2D eigenvalue weighted by Crippen LogP contribution is -2.70. The Morgan fingerprint density at radius 3 is 2.19 bits per heavy atom. The van der Waals surface area contributed by atoms with Crippen molar-refractivity contribution in [2.45, 2.75) is 50.4 Å². The molecule has 0 radical (unpaired) electrons. The lowest BCUT2D eigenvalue weighted by atomic mass is 9.97. The summed E-state index contributed by atoms with van der Waals surface area (Å²) in [6.07, 6.45) is -9.31. The summed E-state index contributed by atoms with van der Waals surface area (Å²) in [4.78, 5) is 43.6. The van der Waals surface area contributed by atoms with Crippen molar-refractivity contribution in [3.05, 3.63) is 70.8 Å². The number of alkyl halides is 6. The van der Waals surface area contributed by atoms with Gasteiger partial charge < -0.3 is 14.5 Å². The van der Waals surface area contributed by atoms with Gasteiger partial charge in [-0.25, -0.2) is 4.79 Å². The number of amides is 3. The van der Waals surface area contributed by atoms with Gasteiger partial charge in [0.05, 0.1) is 17.7 Å². The zero-order chi connectivity index (χ0) is 30.7. The number of hydrogen-bond donors (Lipinski definition) is 0. The molecule has 0 bridgehead atoms. The zero-order valence-corrected chi connectivity index (χ0v) is 23.4. The van der Waals surface area contributed by atoms with Gasteiger partial charge in [-0.2, -0.15) is 38.1 Å². The monoisotopic (exact) mass is 617 g/mol. The van der Waals surface area contributed by atoms with E-state index in [1.807, 2.05) is 6.26 Å². The summed E-state index contributed by atoms with van der Waals surface area (Å²) in [5.74, 6) is 0.171. The number of piperazine rings is 1. The highest BCUT2D eigenvalue weighted by molar-refractivity contribution is 7.98. The zero-order valence-electron chi connectivity index (χ0n) is 22.6. The first-order valence-corrected chi connectivity index (χ1v) is 14.5. The number of hydrogen-bond acceptors (Lipinski definition) is 5. The normalized spacial score (nSPS) is 19.6. The van der Waals surface area contributed by atoms with Crippen molar-refractivity contribution in [2.75, 3.05) is 31.6 Å². The minimum Gasteiger partial charge on any atom is -0.444 e. The molecule has 3 amide bonds. The average Bonchev–Trinajstić information content (AvgIpc) is 2.92. The molecule has 2 atom stereocenters. The standard InChI is InChI=1S/C28H29F6N3O4S/c1-42-9-5-8-35-15-23-36(16-25(35)39)24(38)14-22(12-18-6-3-2-4-7-18)37(23)26(40)41-17-19-10-20(27(29,30)31)13-21(11-19)28(32,33)34/h2-4,6-7,10-11,13,22-23H,5,8-9,12,14-17H2,1H3. The van der Waals surface area contributed by atoms with Crippen LogP contribution in [0.3, 0.4) is 0 Å². The predicted octanol–water partition coefficient (Wildman–Crippen LogP) is 5.43. The van der Waals surface area contributed by atoms with E-state index in [1.165, 1.54) is 9.80 Å². The van der Waals surface area contributed by atoms with Crippen LogP contribution in [0.2, 0.25) is 0 Å². The van der Waals surface area contributed by atoms with Gasteiger partial charge >= 0.3 is 18.4 Å². The van der Waals surface area contributed by atoms with E-state index < -0.39 is 54.0 Å². The quantitative estimate of drug-likeness (QED) is 0.292. The van der Waals surface area contributed by atoms with E-state index in [1.54, 1.807) is 47.0 Å². The Hall–Kier alpha value is -3.42. The molecule has 2 fully saturated rings. The molecular formula is C28H29F6N3O4S. The lowest BCUT2D eigenvalue weighted by Gasteiger charge is -2.51. The third-order valence-electron chi connectivity index (χ3n) is 7.16. The maximum Gasteiger partial charge on any atom is 0.416 e. The topological polar surface area (TPSA) is 70.2 Å². The maximum absolute atomic E-state index is 13.6. The number of carbonyl (C=O) groups is 3. The number of nitrogens with zero attached hydrogens (tertiary/aromatic N) is 3. The van der Waals surface area contributed by atoms with Gasteiger partial charge in [-0.15, -0.1) is 0 Å². The molecule has 2 unspecified atom stereocenters. The highest BCUT2D eigenvalue weighted by Crippen LogP contribution is 2.37. The smallest absolute Gasteiger partial charge is 0.416 e. The lowest BCUT2D eigenvalue weighted by molar-refractivity contribution is -0.163. The van der Waals surface area contributed by atoms with Crippen LogP contribution in [0.1, 0.15) is 35.1 Å². The average molecular weight is 618 g/mol. The highest BCUT2D eigenvalue weighted by Gasteiger charge is 2.48. The number of benzene rings is 2. The van der Waals surface area contributed by atoms with E-state index in [2.05, 4.69) is 0 Å². The Morgan fingerprint density at radius 2 is 1.60 bits per heavy atom. The Bertz CT molecular complexity index is 1260. The van der Waals surface area contributed by atoms with Crippen molar-refractivity contribution in [1.82, 2.24) is 14.7 Å². The molecule has 0 aromatic heterocycles. The van der Waals surface area contributed by atoms with E-state index in [9.17, 15) is 40.7 Å². The Balaban J connectivity index is 1.62. The summed E-state index contributed by atoms with van der Waals surface area (Å²) in [5, 5.41) is 0. The molecule has 2 aromatic carbocycles. The van der Waals surface area contributed by atoms with Gasteiger partial charge in [-0.1, -0.05) is 30.3 Å². The first kappa shape index (κ1) is 31.5. The van der Waals surface area contributed by atoms with Crippen LogP contribution in [0.15, 0.2) is 48.5 Å². The van der Waals surface area contributed by atoms with Gasteiger partial charge in [0, 0.05) is 19.0 Å². The van der Waals surface area contributed by atoms with Gasteiger partial charge in [-0.3, -0.25) is 14.5 Å². The van der Waals surface area contributed by atoms with Crippen LogP contribution in [0.5, 0.6) is 0 Å². The Labute approximate surface area is 242 Å². The van der Waals surface area contributed by atoms with E-state index in [4.69, 9.17) is 4.74 Å². The molecular weight excluding hydrogens is 588 g/mol. The third-order valence-corrected chi connectivity index (χ3v) is 7.85. The van der Waals surface area contributed by atoms with Gasteiger partial charge in [-0.05, 0) is 54.2 Å². The van der Waals surface area contributed by atoms with E-state index in [0.29, 0.717) is 25.1 Å². The first-order valence-electron chi connectivity index (χ1n) is 13.1. The van der Waals surface area contributed by atoms with Gasteiger partial charge in [0.15, 0.2) is 0 Å². The molecule has 0 N–H and O–H groups in total. The van der Waals surface area contributed by atoms with E-state index in [-0.39, 0.29) is 43.8 Å². The van der Waals surface area contributed by atoms with Crippen molar-refractivity contribution >= 4 is 29.7 Å². The summed E-state index contributed by atoms with van der Waals surface area (Å²) >= 11 is 1.60. The largest absolute Gasteiger partial charge is 0.444 e. The molecule has 0 aliphatic carbocycles. The fourth-order valence-electron chi connectivity index (χ4n) is 5.17. The molecule has 2 heterocycles. The van der Waals surface area contributed by atoms with Crippen LogP contribution in [0.4, 0.5) is 31.1 Å². The van der Waals surface area contributed by atoms with Crippen LogP contribution in [-0.4, -0.2) is 76.5 Å². The minimum absolute atomic E-state index is 0.00000986. The molecule has 2 saturated heterocycles. The molecule has 4 rings (SSSR count). The maximum atomic E-state index is 13.6. The molecule has 0 spiro atoms. The molecule has 7 nitrogen and oxygen atoms in total. The molecule has 228 valence electrons. The molecule has 2 aromatic rings. The van der Waals surface area contributed by atoms with Gasteiger partial charge in [0.1, 0.15) is 19.3 Å². The Kier molecular flexibility index (Phi) is 9.63. The second kappa shape index (κ2) is 12.8. The van der Waals surface area contributed by atoms with Crippen molar-refractivity contribution in [3.8, 4) is 0 Å². The molecule has 42 heavy (non-hydrogen) atoms. The van der Waals surface area contributed by atoms with Gasteiger partial charge in [0.25, 0.3) is 0 Å². The second-order valence-corrected chi connectivity index (χ2v) is 11.1. The van der Waals surface area contributed by atoms with Crippen LogP contribution >= 0.6 is 11.8 Å². The number of halogens is 6. The Morgan fingerprint density at radius 1 is 0.952 bits per heavy atom. The van der Waals surface area contributed by atoms with Crippen LogP contribution in [0.25, 0.3) is 0 Å². The van der Waals surface area contributed by atoms with E-state index >= 15 is 0 Å². The van der Waals surface area contributed by atoms with Crippen LogP contribution in [0, 0.1) is 0 Å². The number of rotatable bonds is 8. The van der Waals surface area contributed by atoms with E-state index in [0.717, 1.165) is 11.3 Å². The summed E-state index contributed by atoms with van der Waals surface area (Å²) in [6.45, 7) is -0.722. The molecule has 14 heteroatoms. The predicted molar refractivity (Wildman–Crippen MR) is 142 cm³/mol. The van der Waals surface area contributed by atoms with Crippen molar-refractivity contribution in [3.63, 3.8) is 0 Å². The van der Waals surface area contributed by atoms with Crippen LogP contribution < -0.4 is 0 Å². The molecule has 2 aliphatic heterocycles.